The summed E-state index contributed by atoms with van der Waals surface area (Å²) in [6, 6.07) is 10.3. The molecule has 2 heterocycles. The van der Waals surface area contributed by atoms with Gasteiger partial charge in [-0.3, -0.25) is 14.5 Å². The highest BCUT2D eigenvalue weighted by Crippen LogP contribution is 2.26. The Morgan fingerprint density at radius 1 is 0.879 bits per heavy atom. The zero-order valence-corrected chi connectivity index (χ0v) is 20.9. The van der Waals surface area contributed by atoms with E-state index in [1.165, 1.54) is 35.5 Å². The van der Waals surface area contributed by atoms with Gasteiger partial charge in [-0.05, 0) is 48.8 Å². The van der Waals surface area contributed by atoms with Gasteiger partial charge in [-0.1, -0.05) is 63.6 Å². The van der Waals surface area contributed by atoms with Gasteiger partial charge in [-0.2, -0.15) is 0 Å². The van der Waals surface area contributed by atoms with Crippen molar-refractivity contribution < 1.29 is 18.0 Å². The fraction of sp³-hybridized carbons (Fsp3) is 0.520. The Morgan fingerprint density at radius 3 is 2.12 bits per heavy atom. The number of thiophene rings is 1. The lowest BCUT2D eigenvalue weighted by atomic mass is 9.94. The number of fused-ring (bicyclic) bond motifs is 1. The average molecular weight is 491 g/mol. The van der Waals surface area contributed by atoms with Crippen molar-refractivity contribution in [2.24, 2.45) is 5.92 Å². The van der Waals surface area contributed by atoms with E-state index in [2.05, 4.69) is 11.6 Å². The van der Waals surface area contributed by atoms with Crippen molar-refractivity contribution in [3.05, 3.63) is 52.9 Å². The maximum Gasteiger partial charge on any atom is 0.261 e. The molecule has 0 bridgehead atoms. The van der Waals surface area contributed by atoms with Gasteiger partial charge >= 0.3 is 0 Å². The van der Waals surface area contributed by atoms with Crippen LogP contribution in [0.3, 0.4) is 0 Å². The highest BCUT2D eigenvalue weighted by molar-refractivity contribution is 7.91. The molecule has 33 heavy (non-hydrogen) atoms. The van der Waals surface area contributed by atoms with Crippen molar-refractivity contribution >= 4 is 33.2 Å². The Balaban J connectivity index is 1.51. The van der Waals surface area contributed by atoms with Crippen LogP contribution in [-0.4, -0.2) is 38.2 Å². The van der Waals surface area contributed by atoms with Crippen molar-refractivity contribution in [3.63, 3.8) is 0 Å². The van der Waals surface area contributed by atoms with Gasteiger partial charge in [-0.15, -0.1) is 11.3 Å². The average Bonchev–Trinajstić information content (AvgIpc) is 3.43. The van der Waals surface area contributed by atoms with Crippen molar-refractivity contribution in [3.8, 4) is 0 Å². The van der Waals surface area contributed by atoms with Crippen LogP contribution in [0.5, 0.6) is 0 Å². The summed E-state index contributed by atoms with van der Waals surface area (Å²) in [5.74, 6) is -0.173. The van der Waals surface area contributed by atoms with E-state index in [0.717, 1.165) is 38.5 Å². The molecule has 1 aliphatic rings. The number of benzene rings is 1. The van der Waals surface area contributed by atoms with Crippen LogP contribution >= 0.6 is 11.3 Å². The standard InChI is InChI=1S/C25H34N2O4S2/c1-2-3-4-5-6-12-20(13-9-10-17-26-33(30,31)23-16-11-18-32-23)19-27-24(28)21-14-7-8-15-22(21)25(27)29/h7-8,11,14-16,18,20,26H,2-6,9-10,12-13,17,19H2,1H3. The minimum absolute atomic E-state index is 0.199. The van der Waals surface area contributed by atoms with Crippen molar-refractivity contribution in [2.45, 2.75) is 68.9 Å². The maximum atomic E-state index is 12.8. The zero-order chi connectivity index (χ0) is 23.7. The molecule has 0 saturated heterocycles. The van der Waals surface area contributed by atoms with Crippen LogP contribution < -0.4 is 4.72 Å². The molecule has 1 aromatic heterocycles. The molecule has 3 rings (SSSR count). The van der Waals surface area contributed by atoms with Crippen LogP contribution in [0.2, 0.25) is 0 Å². The minimum Gasteiger partial charge on any atom is -0.274 e. The van der Waals surface area contributed by atoms with Gasteiger partial charge in [0.15, 0.2) is 0 Å². The van der Waals surface area contributed by atoms with E-state index >= 15 is 0 Å². The van der Waals surface area contributed by atoms with Crippen LogP contribution in [0.1, 0.15) is 85.4 Å². The fourth-order valence-corrected chi connectivity index (χ4v) is 6.39. The number of hydrogen-bond acceptors (Lipinski definition) is 5. The number of rotatable bonds is 15. The molecule has 1 aliphatic heterocycles. The Kier molecular flexibility index (Phi) is 9.64. The van der Waals surface area contributed by atoms with Crippen molar-refractivity contribution in [1.29, 1.82) is 0 Å². The predicted octanol–water partition coefficient (Wildman–Crippen LogP) is 5.47. The number of carbonyl (C=O) groups excluding carboxylic acids is 2. The lowest BCUT2D eigenvalue weighted by Crippen LogP contribution is -2.34. The first-order valence-corrected chi connectivity index (χ1v) is 14.3. The van der Waals surface area contributed by atoms with Crippen LogP contribution in [0, 0.1) is 5.92 Å². The van der Waals surface area contributed by atoms with Crippen LogP contribution in [-0.2, 0) is 10.0 Å². The van der Waals surface area contributed by atoms with Gasteiger partial charge < -0.3 is 0 Å². The molecule has 1 unspecified atom stereocenters. The lowest BCUT2D eigenvalue weighted by molar-refractivity contribution is 0.0621. The third-order valence-corrected chi connectivity index (χ3v) is 8.98. The third-order valence-electron chi connectivity index (χ3n) is 6.13. The maximum absolute atomic E-state index is 12.8. The monoisotopic (exact) mass is 490 g/mol. The van der Waals surface area contributed by atoms with Crippen LogP contribution in [0.15, 0.2) is 46.0 Å². The molecule has 0 aliphatic carbocycles. The molecule has 0 saturated carbocycles. The summed E-state index contributed by atoms with van der Waals surface area (Å²) in [6.07, 6.45) is 9.27. The predicted molar refractivity (Wildman–Crippen MR) is 132 cm³/mol. The summed E-state index contributed by atoms with van der Waals surface area (Å²) in [5, 5.41) is 1.75. The molecule has 1 N–H and O–H groups in total. The molecular formula is C25H34N2O4S2. The topological polar surface area (TPSA) is 83.6 Å². The van der Waals surface area contributed by atoms with E-state index < -0.39 is 10.0 Å². The van der Waals surface area contributed by atoms with Crippen LogP contribution in [0.25, 0.3) is 0 Å². The van der Waals surface area contributed by atoms with E-state index in [1.807, 2.05) is 0 Å². The molecule has 2 amide bonds. The normalized spacial score (nSPS) is 14.6. The molecule has 2 aromatic rings. The largest absolute Gasteiger partial charge is 0.274 e. The Hall–Kier alpha value is -2.03. The Morgan fingerprint density at radius 2 is 1.52 bits per heavy atom. The first-order valence-electron chi connectivity index (χ1n) is 11.9. The van der Waals surface area contributed by atoms with E-state index in [4.69, 9.17) is 0 Å². The molecule has 8 heteroatoms. The Labute approximate surface area is 201 Å². The second-order valence-electron chi connectivity index (χ2n) is 8.66. The lowest BCUT2D eigenvalue weighted by Gasteiger charge is -2.23. The van der Waals surface area contributed by atoms with Gasteiger partial charge in [-0.25, -0.2) is 13.1 Å². The first-order chi connectivity index (χ1) is 15.9. The molecule has 0 radical (unpaired) electrons. The quantitative estimate of drug-likeness (QED) is 0.265. The van der Waals surface area contributed by atoms with Gasteiger partial charge in [0.25, 0.3) is 11.8 Å². The number of carbonyl (C=O) groups is 2. The summed E-state index contributed by atoms with van der Waals surface area (Å²) >= 11 is 1.21. The van der Waals surface area contributed by atoms with Gasteiger partial charge in [0, 0.05) is 13.1 Å². The number of unbranched alkanes of at least 4 members (excludes halogenated alkanes) is 5. The van der Waals surface area contributed by atoms with Gasteiger partial charge in [0.05, 0.1) is 11.1 Å². The minimum atomic E-state index is -3.43. The number of sulfonamides is 1. The highest BCUT2D eigenvalue weighted by atomic mass is 32.2. The fourth-order valence-electron chi connectivity index (χ4n) is 4.28. The summed E-state index contributed by atoms with van der Waals surface area (Å²) in [7, 11) is -3.43. The number of amides is 2. The van der Waals surface area contributed by atoms with Gasteiger partial charge in [0.1, 0.15) is 4.21 Å². The number of nitrogens with zero attached hydrogens (tertiary/aromatic N) is 1. The first kappa shape index (κ1) is 25.6. The summed E-state index contributed by atoms with van der Waals surface area (Å²) in [4.78, 5) is 27.0. The van der Waals surface area contributed by atoms with E-state index in [1.54, 1.807) is 41.8 Å². The number of hydrogen-bond donors (Lipinski definition) is 1. The second-order valence-corrected chi connectivity index (χ2v) is 11.6. The second kappa shape index (κ2) is 12.4. The highest BCUT2D eigenvalue weighted by Gasteiger charge is 2.36. The molecule has 1 atom stereocenters. The molecule has 0 fully saturated rings. The molecule has 1 aromatic carbocycles. The smallest absolute Gasteiger partial charge is 0.261 e. The van der Waals surface area contributed by atoms with E-state index in [-0.39, 0.29) is 17.7 Å². The number of imide groups is 1. The SMILES string of the molecule is CCCCCCCC(CCCCNS(=O)(=O)c1cccs1)CN1C(=O)c2ccccc2C1=O. The molecule has 180 valence electrons. The summed E-state index contributed by atoms with van der Waals surface area (Å²) in [6.45, 7) is 3.01. The zero-order valence-electron chi connectivity index (χ0n) is 19.3. The molecule has 6 nitrogen and oxygen atoms in total. The van der Waals surface area contributed by atoms with E-state index in [0.29, 0.717) is 28.4 Å². The van der Waals surface area contributed by atoms with Crippen LogP contribution in [0.4, 0.5) is 0 Å². The van der Waals surface area contributed by atoms with Gasteiger partial charge in [0.2, 0.25) is 10.0 Å². The summed E-state index contributed by atoms with van der Waals surface area (Å²) in [5.41, 5.74) is 0.986. The summed E-state index contributed by atoms with van der Waals surface area (Å²) < 4.78 is 27.5. The number of nitrogens with one attached hydrogen (secondary N) is 1. The Bertz CT molecular complexity index is 984. The van der Waals surface area contributed by atoms with Crippen molar-refractivity contribution in [2.75, 3.05) is 13.1 Å². The van der Waals surface area contributed by atoms with E-state index in [9.17, 15) is 18.0 Å². The third kappa shape index (κ3) is 6.98. The van der Waals surface area contributed by atoms with Crippen molar-refractivity contribution in [1.82, 2.24) is 9.62 Å². The molecule has 0 spiro atoms. The molecular weight excluding hydrogens is 456 g/mol.